The fourth-order valence-electron chi connectivity index (χ4n) is 2.65. The Labute approximate surface area is 128 Å². The van der Waals surface area contributed by atoms with Crippen LogP contribution in [0.3, 0.4) is 0 Å². The molecule has 0 spiro atoms. The fourth-order valence-corrected chi connectivity index (χ4v) is 2.65. The number of methoxy groups -OCH3 is 1. The molecule has 1 fully saturated rings. The molecule has 0 saturated carbocycles. The zero-order valence-corrected chi connectivity index (χ0v) is 13.3. The Morgan fingerprint density at radius 2 is 2.10 bits per heavy atom. The molecule has 1 unspecified atom stereocenters. The van der Waals surface area contributed by atoms with Gasteiger partial charge in [0.05, 0.1) is 13.2 Å². The van der Waals surface area contributed by atoms with Gasteiger partial charge in [-0.05, 0) is 50.6 Å². The third-order valence-electron chi connectivity index (χ3n) is 3.96. The predicted molar refractivity (Wildman–Crippen MR) is 86.0 cm³/mol. The molecule has 1 N–H and O–H groups in total. The van der Waals surface area contributed by atoms with Crippen LogP contribution in [-0.2, 0) is 11.2 Å². The Morgan fingerprint density at radius 1 is 1.29 bits per heavy atom. The lowest BCUT2D eigenvalue weighted by atomic mass is 10.1. The quantitative estimate of drug-likeness (QED) is 0.705. The third-order valence-corrected chi connectivity index (χ3v) is 3.96. The highest BCUT2D eigenvalue weighted by atomic mass is 16.5. The fraction of sp³-hybridized carbons (Fsp3) is 0.647. The van der Waals surface area contributed by atoms with E-state index in [1.165, 1.54) is 18.4 Å². The maximum Gasteiger partial charge on any atom is 0.118 e. The topological polar surface area (TPSA) is 33.7 Å². The average Bonchev–Trinajstić information content (AvgIpc) is 3.00. The first-order valence-corrected chi connectivity index (χ1v) is 7.91. The number of hydrogen-bond acceptors (Lipinski definition) is 4. The molecule has 4 nitrogen and oxygen atoms in total. The van der Waals surface area contributed by atoms with Crippen molar-refractivity contribution < 1.29 is 9.47 Å². The molecule has 1 aliphatic heterocycles. The van der Waals surface area contributed by atoms with Gasteiger partial charge in [-0.2, -0.15) is 0 Å². The van der Waals surface area contributed by atoms with E-state index in [2.05, 4.69) is 29.4 Å². The molecule has 0 radical (unpaired) electrons. The van der Waals surface area contributed by atoms with Crippen LogP contribution in [0.1, 0.15) is 18.4 Å². The molecule has 118 valence electrons. The van der Waals surface area contributed by atoms with Gasteiger partial charge in [-0.3, -0.25) is 0 Å². The number of nitrogens with one attached hydrogen (secondary N) is 1. The van der Waals surface area contributed by atoms with Crippen LogP contribution in [0, 0.1) is 0 Å². The number of hydrogen-bond donors (Lipinski definition) is 1. The van der Waals surface area contributed by atoms with Crippen molar-refractivity contribution in [3.05, 3.63) is 29.8 Å². The van der Waals surface area contributed by atoms with Crippen LogP contribution in [0.4, 0.5) is 0 Å². The lowest BCUT2D eigenvalue weighted by molar-refractivity contribution is 0.0815. The van der Waals surface area contributed by atoms with Crippen LogP contribution in [-0.4, -0.2) is 57.9 Å². The van der Waals surface area contributed by atoms with Gasteiger partial charge in [-0.15, -0.1) is 0 Å². The van der Waals surface area contributed by atoms with Gasteiger partial charge in [-0.25, -0.2) is 0 Å². The molecule has 21 heavy (non-hydrogen) atoms. The lowest BCUT2D eigenvalue weighted by Gasteiger charge is -2.20. The van der Waals surface area contributed by atoms with Crippen LogP contribution in [0.25, 0.3) is 0 Å². The van der Waals surface area contributed by atoms with Gasteiger partial charge in [-0.1, -0.05) is 12.1 Å². The van der Waals surface area contributed by atoms with E-state index in [0.717, 1.165) is 45.0 Å². The summed E-state index contributed by atoms with van der Waals surface area (Å²) in [6.07, 6.45) is 3.95. The molecule has 1 saturated heterocycles. The van der Waals surface area contributed by atoms with Gasteiger partial charge < -0.3 is 19.7 Å². The molecule has 2 rings (SSSR count). The van der Waals surface area contributed by atoms with Crippen LogP contribution < -0.4 is 10.1 Å². The maximum absolute atomic E-state index is 5.66. The van der Waals surface area contributed by atoms with Crippen molar-refractivity contribution in [2.75, 3.05) is 46.9 Å². The van der Waals surface area contributed by atoms with Crippen LogP contribution in [0.2, 0.25) is 0 Å². The van der Waals surface area contributed by atoms with Gasteiger partial charge in [0.2, 0.25) is 0 Å². The number of likely N-dealkylation sites (N-methyl/N-ethyl adjacent to an activating group) is 1. The van der Waals surface area contributed by atoms with E-state index in [-0.39, 0.29) is 0 Å². The van der Waals surface area contributed by atoms with Crippen molar-refractivity contribution >= 4 is 0 Å². The second kappa shape index (κ2) is 9.03. The van der Waals surface area contributed by atoms with Gasteiger partial charge >= 0.3 is 0 Å². The van der Waals surface area contributed by atoms with E-state index in [0.29, 0.717) is 6.10 Å². The first-order valence-electron chi connectivity index (χ1n) is 7.91. The minimum atomic E-state index is 0.453. The second-order valence-electron chi connectivity index (χ2n) is 5.75. The standard InChI is InChI=1S/C17H28N2O2/c1-19(14-17-4-3-13-21-17)12-11-18-10-9-15-5-7-16(20-2)8-6-15/h5-8,17-18H,3-4,9-14H2,1-2H3. The highest BCUT2D eigenvalue weighted by Crippen LogP contribution is 2.12. The van der Waals surface area contributed by atoms with E-state index < -0.39 is 0 Å². The summed E-state index contributed by atoms with van der Waals surface area (Å²) in [4.78, 5) is 2.36. The van der Waals surface area contributed by atoms with Crippen molar-refractivity contribution in [1.29, 1.82) is 0 Å². The Bertz CT molecular complexity index is 388. The minimum absolute atomic E-state index is 0.453. The summed E-state index contributed by atoms with van der Waals surface area (Å²) in [5.41, 5.74) is 1.34. The average molecular weight is 292 g/mol. The molecule has 1 heterocycles. The molecule has 1 aromatic rings. The summed E-state index contributed by atoms with van der Waals surface area (Å²) in [6, 6.07) is 8.30. The summed E-state index contributed by atoms with van der Waals surface area (Å²) in [7, 11) is 3.87. The van der Waals surface area contributed by atoms with E-state index in [1.54, 1.807) is 7.11 Å². The van der Waals surface area contributed by atoms with Gasteiger partial charge in [0.15, 0.2) is 0 Å². The highest BCUT2D eigenvalue weighted by molar-refractivity contribution is 5.27. The molecule has 1 aromatic carbocycles. The summed E-state index contributed by atoms with van der Waals surface area (Å²) >= 11 is 0. The number of rotatable bonds is 9. The van der Waals surface area contributed by atoms with E-state index in [1.807, 2.05) is 12.1 Å². The van der Waals surface area contributed by atoms with E-state index >= 15 is 0 Å². The van der Waals surface area contributed by atoms with Gasteiger partial charge in [0.25, 0.3) is 0 Å². The highest BCUT2D eigenvalue weighted by Gasteiger charge is 2.16. The first kappa shape index (κ1) is 16.3. The van der Waals surface area contributed by atoms with Crippen molar-refractivity contribution in [1.82, 2.24) is 10.2 Å². The summed E-state index contributed by atoms with van der Waals surface area (Å²) < 4.78 is 10.8. The number of benzene rings is 1. The SMILES string of the molecule is COc1ccc(CCNCCN(C)CC2CCCO2)cc1. The first-order chi connectivity index (χ1) is 10.3. The molecule has 0 aromatic heterocycles. The predicted octanol–water partition coefficient (Wildman–Crippen LogP) is 1.94. The largest absolute Gasteiger partial charge is 0.497 e. The third kappa shape index (κ3) is 6.04. The number of nitrogens with zero attached hydrogens (tertiary/aromatic N) is 1. The Balaban J connectivity index is 1.52. The summed E-state index contributed by atoms with van der Waals surface area (Å²) in [5.74, 6) is 0.919. The smallest absolute Gasteiger partial charge is 0.118 e. The zero-order valence-electron chi connectivity index (χ0n) is 13.3. The van der Waals surface area contributed by atoms with Crippen molar-refractivity contribution in [2.45, 2.75) is 25.4 Å². The van der Waals surface area contributed by atoms with Gasteiger partial charge in [0, 0.05) is 26.2 Å². The second-order valence-corrected chi connectivity index (χ2v) is 5.75. The normalized spacial score (nSPS) is 18.3. The van der Waals surface area contributed by atoms with Crippen LogP contribution in [0.5, 0.6) is 5.75 Å². The minimum Gasteiger partial charge on any atom is -0.497 e. The van der Waals surface area contributed by atoms with Crippen molar-refractivity contribution in [3.63, 3.8) is 0 Å². The summed E-state index contributed by atoms with van der Waals surface area (Å²) in [5, 5.41) is 3.50. The summed E-state index contributed by atoms with van der Waals surface area (Å²) in [6.45, 7) is 5.11. The molecular formula is C17H28N2O2. The van der Waals surface area contributed by atoms with Gasteiger partial charge in [0.1, 0.15) is 5.75 Å². The molecule has 4 heteroatoms. The Kier molecular flexibility index (Phi) is 7.00. The molecule has 0 aliphatic carbocycles. The van der Waals surface area contributed by atoms with E-state index in [9.17, 15) is 0 Å². The molecule has 1 atom stereocenters. The monoisotopic (exact) mass is 292 g/mol. The molecular weight excluding hydrogens is 264 g/mol. The van der Waals surface area contributed by atoms with Crippen molar-refractivity contribution in [3.8, 4) is 5.75 Å². The van der Waals surface area contributed by atoms with Crippen molar-refractivity contribution in [2.24, 2.45) is 0 Å². The molecule has 1 aliphatic rings. The zero-order chi connectivity index (χ0) is 14.9. The Morgan fingerprint density at radius 3 is 2.76 bits per heavy atom. The Hall–Kier alpha value is -1.10. The number of ether oxygens (including phenoxy) is 2. The maximum atomic E-state index is 5.66. The van der Waals surface area contributed by atoms with E-state index in [4.69, 9.17) is 9.47 Å². The molecule has 0 bridgehead atoms. The molecule has 0 amide bonds. The lowest BCUT2D eigenvalue weighted by Crippen LogP contribution is -2.35. The van der Waals surface area contributed by atoms with Crippen LogP contribution in [0.15, 0.2) is 24.3 Å². The van der Waals surface area contributed by atoms with Crippen LogP contribution >= 0.6 is 0 Å².